The Hall–Kier alpha value is -4.05. The minimum Gasteiger partial charge on any atom is -0.489 e. The van der Waals surface area contributed by atoms with E-state index in [0.717, 1.165) is 22.4 Å². The molecule has 0 fully saturated rings. The largest absolute Gasteiger partial charge is 0.489 e. The number of anilines is 1. The number of nitrogens with one attached hydrogen (secondary N) is 1. The molecule has 0 aliphatic heterocycles. The molecule has 0 aromatic heterocycles. The van der Waals surface area contributed by atoms with Gasteiger partial charge >= 0.3 is 0 Å². The minimum absolute atomic E-state index is 0.230. The number of hydrogen-bond donors (Lipinski definition) is 1. The van der Waals surface area contributed by atoms with Crippen LogP contribution in [0.15, 0.2) is 103 Å². The van der Waals surface area contributed by atoms with E-state index in [1.54, 1.807) is 18.2 Å². The molecule has 4 nitrogen and oxygen atoms in total. The molecule has 1 amide bonds. The van der Waals surface area contributed by atoms with Crippen molar-refractivity contribution in [3.8, 4) is 11.5 Å². The summed E-state index contributed by atoms with van der Waals surface area (Å²) in [5.41, 5.74) is 4.41. The average Bonchev–Trinajstić information content (AvgIpc) is 2.84. The van der Waals surface area contributed by atoms with E-state index in [1.807, 2.05) is 91.9 Å². The van der Waals surface area contributed by atoms with E-state index in [-0.39, 0.29) is 5.91 Å². The summed E-state index contributed by atoms with van der Waals surface area (Å²) in [6.45, 7) is 2.80. The number of hydrogen-bond acceptors (Lipinski definition) is 3. The third-order valence-corrected chi connectivity index (χ3v) is 4.99. The number of ether oxygens (including phenoxy) is 2. The van der Waals surface area contributed by atoms with Crippen LogP contribution >= 0.6 is 0 Å². The van der Waals surface area contributed by atoms with Gasteiger partial charge in [0.15, 0.2) is 0 Å². The molecule has 4 aromatic rings. The van der Waals surface area contributed by atoms with Gasteiger partial charge in [-0.2, -0.15) is 0 Å². The van der Waals surface area contributed by atoms with Crippen LogP contribution in [0, 0.1) is 6.92 Å². The Morgan fingerprint density at radius 2 is 1.31 bits per heavy atom. The molecule has 0 spiro atoms. The quantitative estimate of drug-likeness (QED) is 0.356. The lowest BCUT2D eigenvalue weighted by atomic mass is 10.1. The molecule has 1 N–H and O–H groups in total. The van der Waals surface area contributed by atoms with Crippen LogP contribution in [-0.2, 0) is 13.2 Å². The monoisotopic (exact) mass is 423 g/mol. The molecule has 4 heteroatoms. The van der Waals surface area contributed by atoms with Crippen LogP contribution in [0.25, 0.3) is 0 Å². The third-order valence-electron chi connectivity index (χ3n) is 4.99. The molecule has 0 heterocycles. The zero-order valence-corrected chi connectivity index (χ0v) is 18.0. The number of carbonyl (C=O) groups is 1. The number of benzene rings is 4. The van der Waals surface area contributed by atoms with E-state index in [1.165, 1.54) is 0 Å². The topological polar surface area (TPSA) is 47.6 Å². The van der Waals surface area contributed by atoms with E-state index in [9.17, 15) is 4.79 Å². The second-order valence-corrected chi connectivity index (χ2v) is 7.53. The highest BCUT2D eigenvalue weighted by Crippen LogP contribution is 2.27. The normalized spacial score (nSPS) is 10.4. The molecule has 4 aromatic carbocycles. The molecule has 0 saturated heterocycles. The lowest BCUT2D eigenvalue weighted by Gasteiger charge is -2.14. The first-order chi connectivity index (χ1) is 15.7. The Morgan fingerprint density at radius 3 is 1.94 bits per heavy atom. The van der Waals surface area contributed by atoms with E-state index >= 15 is 0 Å². The van der Waals surface area contributed by atoms with Gasteiger partial charge in [0.25, 0.3) is 5.91 Å². The maximum absolute atomic E-state index is 13.0. The summed E-state index contributed by atoms with van der Waals surface area (Å²) in [7, 11) is 0. The van der Waals surface area contributed by atoms with Gasteiger partial charge in [0, 0.05) is 11.8 Å². The van der Waals surface area contributed by atoms with Gasteiger partial charge in [-0.15, -0.1) is 0 Å². The molecule has 0 radical (unpaired) electrons. The molecule has 0 atom stereocenters. The smallest absolute Gasteiger partial charge is 0.259 e. The molecule has 0 bridgehead atoms. The maximum Gasteiger partial charge on any atom is 0.259 e. The number of carbonyl (C=O) groups excluding carboxylic acids is 1. The van der Waals surface area contributed by atoms with Gasteiger partial charge in [0.2, 0.25) is 0 Å². The zero-order valence-electron chi connectivity index (χ0n) is 18.0. The summed E-state index contributed by atoms with van der Waals surface area (Å²) in [4.78, 5) is 13.0. The molecule has 32 heavy (non-hydrogen) atoms. The second-order valence-electron chi connectivity index (χ2n) is 7.53. The Bertz CT molecular complexity index is 1160. The van der Waals surface area contributed by atoms with Crippen molar-refractivity contribution in [2.75, 3.05) is 5.32 Å². The van der Waals surface area contributed by atoms with Crippen molar-refractivity contribution < 1.29 is 14.3 Å². The summed E-state index contributed by atoms with van der Waals surface area (Å²) in [5, 5.41) is 2.94. The van der Waals surface area contributed by atoms with Gasteiger partial charge in [-0.1, -0.05) is 78.4 Å². The lowest BCUT2D eigenvalue weighted by molar-refractivity contribution is 0.102. The summed E-state index contributed by atoms with van der Waals surface area (Å²) in [6, 6.07) is 32.8. The van der Waals surface area contributed by atoms with Crippen molar-refractivity contribution in [2.45, 2.75) is 20.1 Å². The van der Waals surface area contributed by atoms with Crippen LogP contribution in [0.3, 0.4) is 0 Å². The molecule has 0 aliphatic carbocycles. The Balaban J connectivity index is 1.54. The standard InChI is InChI=1S/C28H25NO3/c1-21-12-14-24(15-13-21)29-28(30)26-17-16-25(31-19-22-8-4-2-5-9-22)18-27(26)32-20-23-10-6-3-7-11-23/h2-18H,19-20H2,1H3,(H,29,30). The minimum atomic E-state index is -0.230. The molecule has 0 saturated carbocycles. The van der Waals surface area contributed by atoms with Crippen LogP contribution in [0.4, 0.5) is 5.69 Å². The number of rotatable bonds is 8. The predicted octanol–water partition coefficient (Wildman–Crippen LogP) is 6.41. The summed E-state index contributed by atoms with van der Waals surface area (Å²) >= 11 is 0. The van der Waals surface area contributed by atoms with E-state index in [2.05, 4.69) is 5.32 Å². The van der Waals surface area contributed by atoms with Gasteiger partial charge in [-0.05, 0) is 42.3 Å². The first-order valence-electron chi connectivity index (χ1n) is 10.5. The summed E-state index contributed by atoms with van der Waals surface area (Å²) in [6.07, 6.45) is 0. The first kappa shape index (κ1) is 21.2. The summed E-state index contributed by atoms with van der Waals surface area (Å²) < 4.78 is 12.0. The lowest BCUT2D eigenvalue weighted by Crippen LogP contribution is -2.14. The SMILES string of the molecule is Cc1ccc(NC(=O)c2ccc(OCc3ccccc3)cc2OCc2ccccc2)cc1. The zero-order chi connectivity index (χ0) is 22.2. The van der Waals surface area contributed by atoms with E-state index in [4.69, 9.17) is 9.47 Å². The summed E-state index contributed by atoms with van der Waals surface area (Å²) in [5.74, 6) is 0.888. The molecule has 0 aliphatic rings. The maximum atomic E-state index is 13.0. The molecule has 4 rings (SSSR count). The fourth-order valence-corrected chi connectivity index (χ4v) is 3.21. The van der Waals surface area contributed by atoms with E-state index < -0.39 is 0 Å². The van der Waals surface area contributed by atoms with E-state index in [0.29, 0.717) is 30.3 Å². The average molecular weight is 424 g/mol. The van der Waals surface area contributed by atoms with Gasteiger partial charge in [-0.3, -0.25) is 4.79 Å². The number of aryl methyl sites for hydroxylation is 1. The molecule has 0 unspecified atom stereocenters. The van der Waals surface area contributed by atoms with Crippen molar-refractivity contribution in [3.63, 3.8) is 0 Å². The van der Waals surface area contributed by atoms with Crippen molar-refractivity contribution in [1.82, 2.24) is 0 Å². The fourth-order valence-electron chi connectivity index (χ4n) is 3.21. The highest BCUT2D eigenvalue weighted by atomic mass is 16.5. The van der Waals surface area contributed by atoms with Gasteiger partial charge in [0.1, 0.15) is 24.7 Å². The Kier molecular flexibility index (Phi) is 6.83. The number of amides is 1. The van der Waals surface area contributed by atoms with Crippen molar-refractivity contribution >= 4 is 11.6 Å². The van der Waals surface area contributed by atoms with Gasteiger partial charge in [0.05, 0.1) is 5.56 Å². The van der Waals surface area contributed by atoms with Gasteiger partial charge < -0.3 is 14.8 Å². The van der Waals surface area contributed by atoms with Crippen molar-refractivity contribution in [3.05, 3.63) is 125 Å². The Morgan fingerprint density at radius 1 is 0.719 bits per heavy atom. The fraction of sp³-hybridized carbons (Fsp3) is 0.107. The van der Waals surface area contributed by atoms with Crippen LogP contribution in [0.2, 0.25) is 0 Å². The van der Waals surface area contributed by atoms with Crippen LogP contribution in [0.5, 0.6) is 11.5 Å². The molecule has 160 valence electrons. The first-order valence-corrected chi connectivity index (χ1v) is 10.5. The molecular weight excluding hydrogens is 398 g/mol. The third kappa shape index (κ3) is 5.76. The van der Waals surface area contributed by atoms with Crippen LogP contribution in [0.1, 0.15) is 27.0 Å². The predicted molar refractivity (Wildman–Crippen MR) is 127 cm³/mol. The van der Waals surface area contributed by atoms with Crippen LogP contribution in [-0.4, -0.2) is 5.91 Å². The van der Waals surface area contributed by atoms with Gasteiger partial charge in [-0.25, -0.2) is 0 Å². The highest BCUT2D eigenvalue weighted by Gasteiger charge is 2.15. The van der Waals surface area contributed by atoms with Crippen molar-refractivity contribution in [2.24, 2.45) is 0 Å². The van der Waals surface area contributed by atoms with Crippen LogP contribution < -0.4 is 14.8 Å². The molecular formula is C28H25NO3. The Labute approximate surface area is 188 Å². The highest BCUT2D eigenvalue weighted by molar-refractivity contribution is 6.06. The van der Waals surface area contributed by atoms with Crippen molar-refractivity contribution in [1.29, 1.82) is 0 Å². The second kappa shape index (κ2) is 10.3.